The van der Waals surface area contributed by atoms with E-state index in [9.17, 15) is 15.3 Å². The van der Waals surface area contributed by atoms with Crippen molar-refractivity contribution in [3.63, 3.8) is 0 Å². The van der Waals surface area contributed by atoms with Crippen LogP contribution < -0.4 is 24.6 Å². The third-order valence-electron chi connectivity index (χ3n) is 14.3. The van der Waals surface area contributed by atoms with Crippen LogP contribution in [0.15, 0.2) is 97.1 Å². The fourth-order valence-electron chi connectivity index (χ4n) is 9.09. The Morgan fingerprint density at radius 1 is 0.400 bits per heavy atom. The molecule has 416 valence electrons. The van der Waals surface area contributed by atoms with Gasteiger partial charge in [0.05, 0.1) is 26.8 Å². The Labute approximate surface area is 461 Å². The first kappa shape index (κ1) is 64.8. The predicted molar refractivity (Wildman–Crippen MR) is 333 cm³/mol. The number of phenols is 3. The number of ether oxygens (including phenoxy) is 3. The van der Waals surface area contributed by atoms with Gasteiger partial charge in [-0.05, 0) is 94.9 Å². The molecule has 0 atom stereocenters. The van der Waals surface area contributed by atoms with Gasteiger partial charge in [0.25, 0.3) is 0 Å². The van der Waals surface area contributed by atoms with E-state index in [1.165, 1.54) is 22.5 Å². The van der Waals surface area contributed by atoms with E-state index in [-0.39, 0.29) is 21.7 Å². The van der Waals surface area contributed by atoms with Gasteiger partial charge < -0.3 is 29.5 Å². The van der Waals surface area contributed by atoms with Crippen molar-refractivity contribution < 1.29 is 29.5 Å². The Morgan fingerprint density at radius 3 is 1.04 bits per heavy atom. The highest BCUT2D eigenvalue weighted by Gasteiger charge is 2.34. The molecule has 5 rings (SSSR count). The molecule has 3 N–H and O–H groups in total. The Bertz CT molecular complexity index is 2410. The topological polar surface area (TPSA) is 88.4 Å². The predicted octanol–water partition coefficient (Wildman–Crippen LogP) is 17.2. The first-order chi connectivity index (χ1) is 34.6. The number of hydrogen-bond acceptors (Lipinski definition) is 6. The third kappa shape index (κ3) is 19.5. The van der Waals surface area contributed by atoms with Gasteiger partial charge in [0.15, 0.2) is 0 Å². The van der Waals surface area contributed by atoms with Crippen molar-refractivity contribution in [1.82, 2.24) is 0 Å². The van der Waals surface area contributed by atoms with Crippen LogP contribution in [0.2, 0.25) is 44.8 Å². The van der Waals surface area contributed by atoms with Crippen LogP contribution in [-0.4, -0.2) is 58.2 Å². The van der Waals surface area contributed by atoms with Crippen LogP contribution in [-0.2, 0) is 34.5 Å². The Kier molecular flexibility index (Phi) is 23.5. The van der Waals surface area contributed by atoms with Crippen molar-refractivity contribution in [2.24, 2.45) is 0 Å². The molecule has 0 radical (unpaired) electrons. The molecule has 0 aromatic heterocycles. The number of unbranched alkanes of at least 4 members (excludes halogenated alkanes) is 2. The maximum atomic E-state index is 10.8. The maximum absolute atomic E-state index is 10.8. The second kappa shape index (κ2) is 27.2. The molecule has 5 aromatic rings. The van der Waals surface area contributed by atoms with Gasteiger partial charge in [-0.15, -0.1) is 0 Å². The van der Waals surface area contributed by atoms with Gasteiger partial charge in [0.1, 0.15) is 50.6 Å². The molecule has 0 amide bonds. The number of hydrogen-bond donors (Lipinski definition) is 3. The molecule has 0 spiro atoms. The largest absolute Gasteiger partial charge is 0.507 e. The van der Waals surface area contributed by atoms with Gasteiger partial charge in [0, 0.05) is 22.3 Å². The fourth-order valence-corrected chi connectivity index (χ4v) is 14.7. The monoisotopic (exact) mass is 1080 g/mol. The SMILES string of the molecule is CC(C)(C)c1cc(OC[Si](C)(C)C)cc(C(C)(C)C)c1O.CC(C)(C)c1cc(OC[Si](C)(C)c2ccccc2)cc(C(C)(C)C)c1O.CCCCc1cc(OC[Si](CC)(CC)c2ccccc2)cc(CCCC)c1O. The summed E-state index contributed by atoms with van der Waals surface area (Å²) < 4.78 is 18.8. The van der Waals surface area contributed by atoms with E-state index in [1.54, 1.807) is 0 Å². The van der Waals surface area contributed by atoms with E-state index in [0.717, 1.165) is 108 Å². The molecule has 5 aromatic carbocycles. The standard InChI is InChI=1S/C25H38O2Si.C23H34O2Si.C18H32O2Si/c1-5-9-14-21-18-23(19-22(25(21)26)15-10-6-2)27-20-28(7-3,8-4)24-16-12-11-13-17-24;1-22(2,3)19-14-17(15-20(21(19)24)23(4,5)6)25-16-26(7,8)18-12-10-9-11-13-18;1-17(2,3)14-10-13(20-12-21(7,8)9)11-15(16(14)19)18(4,5)6/h11-13,16-19,26H,5-10,14-15,20H2,1-4H3;9-15,24H,16H2,1-8H3;10-11,19H,12H2,1-9H3. The zero-order valence-corrected chi connectivity index (χ0v) is 54.1. The van der Waals surface area contributed by atoms with E-state index < -0.39 is 24.2 Å². The minimum absolute atomic E-state index is 0.109. The highest BCUT2D eigenvalue weighted by atomic mass is 28.3. The molecule has 0 fully saturated rings. The molecule has 9 heteroatoms. The molecule has 0 aliphatic heterocycles. The lowest BCUT2D eigenvalue weighted by Gasteiger charge is -2.30. The Hall–Kier alpha value is -4.45. The van der Waals surface area contributed by atoms with Crippen molar-refractivity contribution in [3.05, 3.63) is 130 Å². The van der Waals surface area contributed by atoms with Gasteiger partial charge >= 0.3 is 0 Å². The summed E-state index contributed by atoms with van der Waals surface area (Å²) in [6.45, 7) is 46.0. The summed E-state index contributed by atoms with van der Waals surface area (Å²) in [5, 5.41) is 35.1. The molecular weight excluding hydrogens is 973 g/mol. The summed E-state index contributed by atoms with van der Waals surface area (Å²) in [6, 6.07) is 36.1. The number of rotatable bonds is 19. The van der Waals surface area contributed by atoms with Crippen LogP contribution in [0, 0.1) is 0 Å². The highest BCUT2D eigenvalue weighted by molar-refractivity contribution is 6.91. The number of benzene rings is 5. The third-order valence-corrected chi connectivity index (χ3v) is 23.1. The van der Waals surface area contributed by atoms with Crippen molar-refractivity contribution in [2.75, 3.05) is 18.7 Å². The van der Waals surface area contributed by atoms with Crippen LogP contribution in [0.1, 0.15) is 170 Å². The molecule has 0 bridgehead atoms. The zero-order valence-electron chi connectivity index (χ0n) is 51.1. The normalized spacial score (nSPS) is 12.5. The smallest absolute Gasteiger partial charge is 0.129 e. The average Bonchev–Trinajstić information content (AvgIpc) is 3.32. The minimum atomic E-state index is -1.69. The summed E-state index contributed by atoms with van der Waals surface area (Å²) in [4.78, 5) is 0. The van der Waals surface area contributed by atoms with Crippen LogP contribution in [0.5, 0.6) is 34.5 Å². The summed E-state index contributed by atoms with van der Waals surface area (Å²) in [6.07, 6.45) is 8.60. The second-order valence-electron chi connectivity index (χ2n) is 27.1. The van der Waals surface area contributed by atoms with Gasteiger partial charge in [-0.2, -0.15) is 0 Å². The Balaban J connectivity index is 0.000000300. The van der Waals surface area contributed by atoms with Crippen LogP contribution in [0.4, 0.5) is 0 Å². The number of aromatic hydroxyl groups is 3. The van der Waals surface area contributed by atoms with Crippen LogP contribution in [0.3, 0.4) is 0 Å². The molecule has 0 saturated heterocycles. The van der Waals surface area contributed by atoms with Gasteiger partial charge in [-0.1, -0.05) is 239 Å². The summed E-state index contributed by atoms with van der Waals surface area (Å²) in [7, 11) is -4.64. The van der Waals surface area contributed by atoms with Gasteiger partial charge in [0.2, 0.25) is 0 Å². The van der Waals surface area contributed by atoms with Crippen molar-refractivity contribution in [3.8, 4) is 34.5 Å². The van der Waals surface area contributed by atoms with Gasteiger partial charge in [-0.25, -0.2) is 0 Å². The minimum Gasteiger partial charge on any atom is -0.507 e. The molecule has 0 saturated carbocycles. The molecule has 6 nitrogen and oxygen atoms in total. The summed E-state index contributed by atoms with van der Waals surface area (Å²) in [5.41, 5.74) is 5.40. The zero-order chi connectivity index (χ0) is 56.8. The first-order valence-electron chi connectivity index (χ1n) is 28.2. The molecule has 0 heterocycles. The number of phenolic OH excluding ortho intramolecular Hbond substituents is 3. The van der Waals surface area contributed by atoms with Crippen LogP contribution >= 0.6 is 0 Å². The molecular formula is C66H104O6Si3. The molecule has 0 unspecified atom stereocenters. The van der Waals surface area contributed by atoms with E-state index in [4.69, 9.17) is 14.2 Å². The highest BCUT2D eigenvalue weighted by Crippen LogP contribution is 2.43. The maximum Gasteiger partial charge on any atom is 0.129 e. The summed E-state index contributed by atoms with van der Waals surface area (Å²) >= 11 is 0. The lowest BCUT2D eigenvalue weighted by molar-refractivity contribution is 0.368. The van der Waals surface area contributed by atoms with Crippen molar-refractivity contribution >= 4 is 34.6 Å². The molecule has 0 aliphatic carbocycles. The second-order valence-corrected chi connectivity index (χ2v) is 41.9. The van der Waals surface area contributed by atoms with Crippen LogP contribution in [0.25, 0.3) is 0 Å². The lowest BCUT2D eigenvalue weighted by Crippen LogP contribution is -2.52. The van der Waals surface area contributed by atoms with Crippen molar-refractivity contribution in [2.45, 2.75) is 216 Å². The van der Waals surface area contributed by atoms with E-state index in [1.807, 2.05) is 24.3 Å². The molecule has 0 aliphatic rings. The van der Waals surface area contributed by atoms with Crippen molar-refractivity contribution in [1.29, 1.82) is 0 Å². The molecule has 75 heavy (non-hydrogen) atoms. The number of aryl methyl sites for hydroxylation is 2. The quantitative estimate of drug-likeness (QED) is 0.0714. The Morgan fingerprint density at radius 2 is 0.720 bits per heavy atom. The lowest BCUT2D eigenvalue weighted by atomic mass is 9.79. The summed E-state index contributed by atoms with van der Waals surface area (Å²) in [5.74, 6) is 3.98. The van der Waals surface area contributed by atoms with E-state index in [2.05, 4.69) is 216 Å². The average molecular weight is 1080 g/mol. The first-order valence-corrected chi connectivity index (χ1v) is 37.8. The van der Waals surface area contributed by atoms with E-state index >= 15 is 0 Å². The van der Waals surface area contributed by atoms with E-state index in [0.29, 0.717) is 17.2 Å². The van der Waals surface area contributed by atoms with Gasteiger partial charge in [-0.3, -0.25) is 0 Å². The fraction of sp³-hybridized carbons (Fsp3) is 0.545.